The number of anilines is 4. The summed E-state index contributed by atoms with van der Waals surface area (Å²) in [7, 11) is 2.83. The van der Waals surface area contributed by atoms with E-state index in [0.717, 1.165) is 50.1 Å². The van der Waals surface area contributed by atoms with Crippen molar-refractivity contribution in [2.45, 2.75) is 76.3 Å². The molecule has 1 aromatic heterocycles. The van der Waals surface area contributed by atoms with Gasteiger partial charge in [-0.15, -0.1) is 0 Å². The Kier molecular flexibility index (Phi) is 9.10. The van der Waals surface area contributed by atoms with Crippen molar-refractivity contribution < 1.29 is 23.1 Å². The highest BCUT2D eigenvalue weighted by atomic mass is 19.3. The number of amides is 2. The zero-order valence-electron chi connectivity index (χ0n) is 24.7. The highest BCUT2D eigenvalue weighted by molar-refractivity contribution is 6.02. The Hall–Kier alpha value is -3.54. The lowest BCUT2D eigenvalue weighted by Crippen LogP contribution is -2.48. The lowest BCUT2D eigenvalue weighted by Gasteiger charge is -2.33. The summed E-state index contributed by atoms with van der Waals surface area (Å²) in [4.78, 5) is 39.3. The summed E-state index contributed by atoms with van der Waals surface area (Å²) >= 11 is 0. The van der Waals surface area contributed by atoms with E-state index in [2.05, 4.69) is 32.4 Å². The summed E-state index contributed by atoms with van der Waals surface area (Å²) < 4.78 is 35.3. The maximum Gasteiger partial charge on any atom is 0.342 e. The first-order valence-corrected chi connectivity index (χ1v) is 14.9. The zero-order valence-corrected chi connectivity index (χ0v) is 24.7. The van der Waals surface area contributed by atoms with Crippen LogP contribution in [0.25, 0.3) is 0 Å². The molecule has 1 aromatic carbocycles. The molecule has 5 rings (SSSR count). The molecule has 3 heterocycles. The van der Waals surface area contributed by atoms with Gasteiger partial charge < -0.3 is 30.1 Å². The number of aromatic nitrogens is 2. The lowest BCUT2D eigenvalue weighted by molar-refractivity contribution is -0.140. The molecule has 1 unspecified atom stereocenters. The van der Waals surface area contributed by atoms with E-state index in [4.69, 9.17) is 4.74 Å². The van der Waals surface area contributed by atoms with Gasteiger partial charge in [0.2, 0.25) is 5.95 Å². The van der Waals surface area contributed by atoms with Gasteiger partial charge in [-0.1, -0.05) is 19.3 Å². The number of piperidine rings is 1. The Morgan fingerprint density at radius 3 is 2.67 bits per heavy atom. The Labute approximate surface area is 245 Å². The number of hydrogen-bond donors (Lipinski definition) is 2. The average Bonchev–Trinajstić information content (AvgIpc) is 3.51. The van der Waals surface area contributed by atoms with Gasteiger partial charge in [-0.05, 0) is 63.8 Å². The van der Waals surface area contributed by atoms with Gasteiger partial charge >= 0.3 is 5.92 Å². The number of alkyl halides is 2. The highest BCUT2D eigenvalue weighted by Gasteiger charge is 2.48. The van der Waals surface area contributed by atoms with Crippen molar-refractivity contribution in [1.82, 2.24) is 20.2 Å². The number of rotatable bonds is 9. The topological polar surface area (TPSA) is 103 Å². The molecule has 2 aliphatic heterocycles. The van der Waals surface area contributed by atoms with E-state index < -0.39 is 18.4 Å². The van der Waals surface area contributed by atoms with E-state index in [9.17, 15) is 18.4 Å². The molecule has 2 amide bonds. The Morgan fingerprint density at radius 1 is 1.17 bits per heavy atom. The smallest absolute Gasteiger partial charge is 0.342 e. The molecule has 0 spiro atoms. The number of halogens is 2. The Balaban J connectivity index is 1.29. The molecular formula is C30H41F2N7O3. The van der Waals surface area contributed by atoms with Gasteiger partial charge in [0.25, 0.3) is 11.8 Å². The molecule has 2 aromatic rings. The van der Waals surface area contributed by atoms with Crippen molar-refractivity contribution in [3.8, 4) is 5.75 Å². The van der Waals surface area contributed by atoms with Crippen LogP contribution in [-0.4, -0.2) is 85.0 Å². The van der Waals surface area contributed by atoms with Gasteiger partial charge in [0, 0.05) is 37.8 Å². The van der Waals surface area contributed by atoms with Crippen LogP contribution < -0.4 is 25.2 Å². The average molecular weight is 586 g/mol. The molecule has 228 valence electrons. The number of nitrogens with zero attached hydrogens (tertiary/aromatic N) is 5. The largest absolute Gasteiger partial charge is 0.495 e. The number of fused-ring (bicyclic) bond motifs is 1. The van der Waals surface area contributed by atoms with Crippen molar-refractivity contribution in [2.75, 3.05) is 55.5 Å². The number of benzene rings is 1. The van der Waals surface area contributed by atoms with Gasteiger partial charge in [-0.2, -0.15) is 13.8 Å². The molecule has 42 heavy (non-hydrogen) atoms. The molecule has 3 aliphatic rings. The first-order chi connectivity index (χ1) is 20.2. The van der Waals surface area contributed by atoms with Gasteiger partial charge in [-0.25, -0.2) is 4.98 Å². The van der Waals surface area contributed by atoms with E-state index in [-0.39, 0.29) is 23.6 Å². The second-order valence-electron chi connectivity index (χ2n) is 11.6. The lowest BCUT2D eigenvalue weighted by atomic mass is 10.0. The third-order valence-electron chi connectivity index (χ3n) is 8.69. The SMILES string of the molecule is COc1cc(C(=O)NCCCN2CCCCC2C)ccc1Nc1ncc2c(n1)N(C1CCCC1)CC(F)(F)C(=O)N2C. The van der Waals surface area contributed by atoms with Crippen molar-refractivity contribution in [2.24, 2.45) is 0 Å². The summed E-state index contributed by atoms with van der Waals surface area (Å²) in [6.45, 7) is 4.21. The normalized spacial score (nSPS) is 21.2. The number of likely N-dealkylation sites (tertiary alicyclic amines) is 1. The second-order valence-corrected chi connectivity index (χ2v) is 11.6. The third-order valence-corrected chi connectivity index (χ3v) is 8.69. The Bertz CT molecular complexity index is 1290. The number of methoxy groups -OCH3 is 1. The van der Waals surface area contributed by atoms with Crippen LogP contribution in [0, 0.1) is 0 Å². The van der Waals surface area contributed by atoms with Crippen molar-refractivity contribution in [1.29, 1.82) is 0 Å². The number of carbonyl (C=O) groups is 2. The van der Waals surface area contributed by atoms with Crippen molar-refractivity contribution in [3.05, 3.63) is 30.0 Å². The zero-order chi connectivity index (χ0) is 29.9. The second kappa shape index (κ2) is 12.8. The molecule has 0 bridgehead atoms. The first-order valence-electron chi connectivity index (χ1n) is 14.9. The fraction of sp³-hybridized carbons (Fsp3) is 0.600. The molecule has 1 aliphatic carbocycles. The van der Waals surface area contributed by atoms with E-state index in [1.807, 2.05) is 0 Å². The summed E-state index contributed by atoms with van der Waals surface area (Å²) in [5.74, 6) is -4.13. The summed E-state index contributed by atoms with van der Waals surface area (Å²) in [5.41, 5.74) is 1.22. The molecule has 2 fully saturated rings. The van der Waals surface area contributed by atoms with Crippen molar-refractivity contribution >= 4 is 35.0 Å². The molecule has 1 saturated carbocycles. The minimum absolute atomic E-state index is 0.132. The predicted molar refractivity (Wildman–Crippen MR) is 158 cm³/mol. The third kappa shape index (κ3) is 6.43. The monoisotopic (exact) mass is 585 g/mol. The molecule has 12 heteroatoms. The van der Waals surface area contributed by atoms with Crippen LogP contribution >= 0.6 is 0 Å². The van der Waals surface area contributed by atoms with Gasteiger partial charge in [0.05, 0.1) is 25.5 Å². The van der Waals surface area contributed by atoms with Gasteiger partial charge in [0.1, 0.15) is 11.4 Å². The fourth-order valence-corrected chi connectivity index (χ4v) is 6.24. The number of nitrogens with one attached hydrogen (secondary N) is 2. The van der Waals surface area contributed by atoms with E-state index in [1.165, 1.54) is 39.6 Å². The molecule has 10 nitrogen and oxygen atoms in total. The van der Waals surface area contributed by atoms with Gasteiger partial charge in [0.15, 0.2) is 5.82 Å². The summed E-state index contributed by atoms with van der Waals surface area (Å²) in [5, 5.41) is 6.10. The van der Waals surface area contributed by atoms with Crippen LogP contribution in [0.5, 0.6) is 5.75 Å². The van der Waals surface area contributed by atoms with Crippen LogP contribution in [0.4, 0.5) is 31.9 Å². The minimum atomic E-state index is -3.54. The van der Waals surface area contributed by atoms with Crippen LogP contribution in [0.2, 0.25) is 0 Å². The molecule has 0 radical (unpaired) electrons. The molecule has 2 N–H and O–H groups in total. The van der Waals surface area contributed by atoms with E-state index in [0.29, 0.717) is 35.4 Å². The van der Waals surface area contributed by atoms with Crippen LogP contribution in [0.3, 0.4) is 0 Å². The maximum absolute atomic E-state index is 14.9. The van der Waals surface area contributed by atoms with Crippen LogP contribution in [0.15, 0.2) is 24.4 Å². The quantitative estimate of drug-likeness (QED) is 0.413. The molecular weight excluding hydrogens is 544 g/mol. The highest BCUT2D eigenvalue weighted by Crippen LogP contribution is 2.40. The molecule has 1 saturated heterocycles. The van der Waals surface area contributed by atoms with E-state index in [1.54, 1.807) is 23.1 Å². The minimum Gasteiger partial charge on any atom is -0.495 e. The summed E-state index contributed by atoms with van der Waals surface area (Å²) in [6, 6.07) is 5.50. The van der Waals surface area contributed by atoms with Crippen LogP contribution in [0.1, 0.15) is 68.6 Å². The van der Waals surface area contributed by atoms with Crippen molar-refractivity contribution in [3.63, 3.8) is 0 Å². The van der Waals surface area contributed by atoms with E-state index >= 15 is 0 Å². The Morgan fingerprint density at radius 2 is 1.93 bits per heavy atom. The predicted octanol–water partition coefficient (Wildman–Crippen LogP) is 4.58. The fourth-order valence-electron chi connectivity index (χ4n) is 6.24. The van der Waals surface area contributed by atoms with Gasteiger partial charge in [-0.3, -0.25) is 9.59 Å². The maximum atomic E-state index is 14.9. The number of ether oxygens (including phenoxy) is 1. The number of hydrogen-bond acceptors (Lipinski definition) is 8. The standard InChI is InChI=1S/C30H41F2N7O3/c1-20-9-6-7-15-38(20)16-8-14-33-27(40)21-12-13-23(25(17-21)42-3)35-29-34-18-24-26(36-29)39(22-10-4-5-11-22)19-30(31,32)28(41)37(24)2/h12-13,17-18,20,22H,4-11,14-16,19H2,1-3H3,(H,33,40)(H,34,35,36). The summed E-state index contributed by atoms with van der Waals surface area (Å²) in [6.07, 6.45) is 9.43. The van der Waals surface area contributed by atoms with Crippen LogP contribution in [-0.2, 0) is 4.79 Å². The number of carbonyl (C=O) groups excluding carboxylic acids is 2. The first kappa shape index (κ1) is 29.9. The molecule has 1 atom stereocenters.